The SMILES string of the molecule is COCCOCCOCCNC(=O)n1c(CNC(=O)O)nc2ccccc21. The third kappa shape index (κ3) is 6.51. The molecule has 2 rings (SSSR count). The molecule has 1 aromatic carbocycles. The van der Waals surface area contributed by atoms with Crippen LogP contribution in [0.2, 0.25) is 0 Å². The van der Waals surface area contributed by atoms with E-state index >= 15 is 0 Å². The fourth-order valence-corrected chi connectivity index (χ4v) is 2.35. The van der Waals surface area contributed by atoms with Crippen LogP contribution in [0.3, 0.4) is 0 Å². The van der Waals surface area contributed by atoms with E-state index in [0.717, 1.165) is 0 Å². The standard InChI is InChI=1S/C17H24N4O6/c1-25-8-9-27-11-10-26-7-6-18-16(22)21-14-5-3-2-4-13(14)20-15(21)12-19-17(23)24/h2-5,19H,6-12H2,1H3,(H,18,22)(H,23,24). The summed E-state index contributed by atoms with van der Waals surface area (Å²) in [6.07, 6.45) is -1.19. The molecule has 3 N–H and O–H groups in total. The Hall–Kier alpha value is -2.69. The van der Waals surface area contributed by atoms with Gasteiger partial charge in [-0.05, 0) is 12.1 Å². The van der Waals surface area contributed by atoms with Crippen LogP contribution in [0.5, 0.6) is 0 Å². The lowest BCUT2D eigenvalue weighted by molar-refractivity contribution is 0.0259. The second kappa shape index (κ2) is 11.1. The van der Waals surface area contributed by atoms with Crippen LogP contribution in [0.1, 0.15) is 5.82 Å². The van der Waals surface area contributed by atoms with E-state index in [1.807, 2.05) is 0 Å². The number of benzene rings is 1. The molecule has 0 saturated heterocycles. The molecule has 0 radical (unpaired) electrons. The van der Waals surface area contributed by atoms with Gasteiger partial charge in [-0.2, -0.15) is 0 Å². The summed E-state index contributed by atoms with van der Waals surface area (Å²) < 4.78 is 16.9. The van der Waals surface area contributed by atoms with Crippen LogP contribution in [0.25, 0.3) is 11.0 Å². The largest absolute Gasteiger partial charge is 0.465 e. The van der Waals surface area contributed by atoms with Crippen molar-refractivity contribution in [1.82, 2.24) is 20.2 Å². The average molecular weight is 380 g/mol. The van der Waals surface area contributed by atoms with E-state index in [4.69, 9.17) is 19.3 Å². The first-order chi connectivity index (χ1) is 13.1. The van der Waals surface area contributed by atoms with Gasteiger partial charge in [0.25, 0.3) is 0 Å². The predicted molar refractivity (Wildman–Crippen MR) is 96.9 cm³/mol. The molecule has 10 heteroatoms. The predicted octanol–water partition coefficient (Wildman–Crippen LogP) is 1.04. The monoisotopic (exact) mass is 380 g/mol. The highest BCUT2D eigenvalue weighted by molar-refractivity contribution is 5.90. The molecule has 0 saturated carbocycles. The lowest BCUT2D eigenvalue weighted by atomic mass is 10.3. The lowest BCUT2D eigenvalue weighted by Crippen LogP contribution is -2.34. The lowest BCUT2D eigenvalue weighted by Gasteiger charge is -2.10. The number of nitrogens with one attached hydrogen (secondary N) is 2. The van der Waals surface area contributed by atoms with E-state index in [2.05, 4.69) is 15.6 Å². The number of carbonyl (C=O) groups is 2. The molecule has 1 heterocycles. The fraction of sp³-hybridized carbons (Fsp3) is 0.471. The van der Waals surface area contributed by atoms with E-state index in [-0.39, 0.29) is 6.54 Å². The number of amides is 2. The maximum atomic E-state index is 12.5. The van der Waals surface area contributed by atoms with Crippen LogP contribution in [-0.2, 0) is 20.8 Å². The highest BCUT2D eigenvalue weighted by Gasteiger charge is 2.16. The smallest absolute Gasteiger partial charge is 0.405 e. The summed E-state index contributed by atoms with van der Waals surface area (Å²) in [6.45, 7) is 2.47. The van der Waals surface area contributed by atoms with Crippen molar-refractivity contribution in [2.45, 2.75) is 6.54 Å². The van der Waals surface area contributed by atoms with Crippen LogP contribution in [-0.4, -0.2) is 73.5 Å². The fourth-order valence-electron chi connectivity index (χ4n) is 2.35. The van der Waals surface area contributed by atoms with E-state index in [1.54, 1.807) is 31.4 Å². The van der Waals surface area contributed by atoms with Crippen molar-refractivity contribution in [1.29, 1.82) is 0 Å². The van der Waals surface area contributed by atoms with Gasteiger partial charge in [0.05, 0.1) is 50.6 Å². The minimum Gasteiger partial charge on any atom is -0.465 e. The number of rotatable bonds is 11. The van der Waals surface area contributed by atoms with Gasteiger partial charge in [0.2, 0.25) is 0 Å². The molecule has 2 aromatic rings. The number of methoxy groups -OCH3 is 1. The minimum atomic E-state index is -1.19. The van der Waals surface area contributed by atoms with Crippen molar-refractivity contribution in [2.75, 3.05) is 46.7 Å². The molecular formula is C17H24N4O6. The molecule has 10 nitrogen and oxygen atoms in total. The number of aromatic nitrogens is 2. The number of hydrogen-bond acceptors (Lipinski definition) is 6. The zero-order chi connectivity index (χ0) is 19.5. The average Bonchev–Trinajstić information content (AvgIpc) is 3.03. The Labute approximate surface area is 156 Å². The molecule has 0 atom stereocenters. The van der Waals surface area contributed by atoms with Crippen molar-refractivity contribution in [3.8, 4) is 0 Å². The Balaban J connectivity index is 1.85. The molecule has 27 heavy (non-hydrogen) atoms. The molecule has 0 bridgehead atoms. The van der Waals surface area contributed by atoms with Crippen LogP contribution in [0, 0.1) is 0 Å². The number of fused-ring (bicyclic) bond motifs is 1. The molecular weight excluding hydrogens is 356 g/mol. The van der Waals surface area contributed by atoms with E-state index in [9.17, 15) is 9.59 Å². The number of ether oxygens (including phenoxy) is 3. The van der Waals surface area contributed by atoms with Crippen LogP contribution < -0.4 is 10.6 Å². The summed E-state index contributed by atoms with van der Waals surface area (Å²) in [7, 11) is 1.61. The Morgan fingerprint density at radius 1 is 1.07 bits per heavy atom. The zero-order valence-electron chi connectivity index (χ0n) is 15.1. The minimum absolute atomic E-state index is 0.0766. The summed E-state index contributed by atoms with van der Waals surface area (Å²) in [5, 5.41) is 13.8. The van der Waals surface area contributed by atoms with Crippen molar-refractivity contribution >= 4 is 23.2 Å². The molecule has 0 spiro atoms. The Kier molecular flexibility index (Phi) is 8.49. The number of nitrogens with zero attached hydrogens (tertiary/aromatic N) is 2. The number of para-hydroxylation sites is 2. The molecule has 0 aliphatic rings. The first kappa shape index (κ1) is 20.6. The van der Waals surface area contributed by atoms with Gasteiger partial charge in [0.15, 0.2) is 0 Å². The second-order valence-electron chi connectivity index (χ2n) is 5.46. The number of imidazole rings is 1. The topological polar surface area (TPSA) is 124 Å². The molecule has 1 aromatic heterocycles. The Morgan fingerprint density at radius 2 is 1.78 bits per heavy atom. The van der Waals surface area contributed by atoms with E-state index < -0.39 is 12.1 Å². The highest BCUT2D eigenvalue weighted by atomic mass is 16.5. The molecule has 0 fully saturated rings. The third-order valence-electron chi connectivity index (χ3n) is 3.56. The van der Waals surface area contributed by atoms with Crippen molar-refractivity contribution < 1.29 is 28.9 Å². The van der Waals surface area contributed by atoms with Crippen molar-refractivity contribution in [3.63, 3.8) is 0 Å². The third-order valence-corrected chi connectivity index (χ3v) is 3.56. The van der Waals surface area contributed by atoms with Crippen molar-refractivity contribution in [2.24, 2.45) is 0 Å². The number of hydrogen-bond donors (Lipinski definition) is 3. The summed E-state index contributed by atoms with van der Waals surface area (Å²) in [4.78, 5) is 27.6. The maximum Gasteiger partial charge on any atom is 0.405 e. The molecule has 2 amide bonds. The van der Waals surface area contributed by atoms with Gasteiger partial charge in [-0.25, -0.2) is 19.1 Å². The van der Waals surface area contributed by atoms with Crippen LogP contribution in [0.15, 0.2) is 24.3 Å². The van der Waals surface area contributed by atoms with Gasteiger partial charge in [-0.1, -0.05) is 12.1 Å². The second-order valence-corrected chi connectivity index (χ2v) is 5.46. The molecule has 0 aliphatic carbocycles. The summed E-state index contributed by atoms with van der Waals surface area (Å²) in [5.41, 5.74) is 1.21. The zero-order valence-corrected chi connectivity index (χ0v) is 15.1. The van der Waals surface area contributed by atoms with Gasteiger partial charge >= 0.3 is 12.1 Å². The number of carbonyl (C=O) groups excluding carboxylic acids is 1. The van der Waals surface area contributed by atoms with Gasteiger partial charge in [0, 0.05) is 13.7 Å². The molecule has 0 aliphatic heterocycles. The summed E-state index contributed by atoms with van der Waals surface area (Å²) in [6, 6.07) is 6.70. The quantitative estimate of drug-likeness (QED) is 0.498. The Bertz CT molecular complexity index is 748. The normalized spacial score (nSPS) is 10.9. The summed E-state index contributed by atoms with van der Waals surface area (Å²) in [5.74, 6) is 0.309. The maximum absolute atomic E-state index is 12.5. The first-order valence-electron chi connectivity index (χ1n) is 8.49. The highest BCUT2D eigenvalue weighted by Crippen LogP contribution is 2.15. The van der Waals surface area contributed by atoms with Gasteiger partial charge in [-0.15, -0.1) is 0 Å². The van der Waals surface area contributed by atoms with E-state index in [0.29, 0.717) is 56.4 Å². The van der Waals surface area contributed by atoms with Gasteiger partial charge in [-0.3, -0.25) is 0 Å². The number of carboxylic acid groups (broad SMARTS) is 1. The van der Waals surface area contributed by atoms with Gasteiger partial charge in [0.1, 0.15) is 5.82 Å². The first-order valence-corrected chi connectivity index (χ1v) is 8.49. The van der Waals surface area contributed by atoms with E-state index in [1.165, 1.54) is 4.57 Å². The van der Waals surface area contributed by atoms with Gasteiger partial charge < -0.3 is 30.0 Å². The van der Waals surface area contributed by atoms with Crippen molar-refractivity contribution in [3.05, 3.63) is 30.1 Å². The molecule has 148 valence electrons. The summed E-state index contributed by atoms with van der Waals surface area (Å²) >= 11 is 0. The van der Waals surface area contributed by atoms with Crippen LogP contribution in [0.4, 0.5) is 9.59 Å². The Morgan fingerprint density at radius 3 is 2.52 bits per heavy atom. The molecule has 0 unspecified atom stereocenters. The van der Waals surface area contributed by atoms with Crippen LogP contribution >= 0.6 is 0 Å².